The quantitative estimate of drug-likeness (QED) is 0.732. The van der Waals surface area contributed by atoms with Crippen LogP contribution in [0.15, 0.2) is 42.6 Å². The van der Waals surface area contributed by atoms with E-state index in [1.165, 1.54) is 26.4 Å². The summed E-state index contributed by atoms with van der Waals surface area (Å²) in [5.41, 5.74) is 0.819. The molecule has 1 saturated heterocycles. The number of carbonyl (C=O) groups is 3. The number of pyridine rings is 1. The molecule has 0 spiro atoms. The van der Waals surface area contributed by atoms with Crippen LogP contribution in [0.25, 0.3) is 0 Å². The number of aromatic nitrogens is 1. The van der Waals surface area contributed by atoms with Crippen molar-refractivity contribution in [3.63, 3.8) is 0 Å². The normalized spacial score (nSPS) is 16.8. The van der Waals surface area contributed by atoms with Gasteiger partial charge in [-0.3, -0.25) is 14.4 Å². The first kappa shape index (κ1) is 23.1. The molecule has 2 atom stereocenters. The molecule has 2 aromatic rings. The zero-order valence-corrected chi connectivity index (χ0v) is 18.7. The summed E-state index contributed by atoms with van der Waals surface area (Å²) in [5, 5.41) is 2.49. The van der Waals surface area contributed by atoms with Crippen molar-refractivity contribution in [2.45, 2.75) is 26.0 Å². The minimum absolute atomic E-state index is 0.0409. The van der Waals surface area contributed by atoms with E-state index in [1.54, 1.807) is 28.9 Å². The fourth-order valence-corrected chi connectivity index (χ4v) is 3.63. The summed E-state index contributed by atoms with van der Waals surface area (Å²) in [5.74, 6) is -0.00514. The first-order valence-corrected chi connectivity index (χ1v) is 10.4. The average molecular weight is 441 g/mol. The van der Waals surface area contributed by atoms with Gasteiger partial charge in [0.15, 0.2) is 17.6 Å². The maximum Gasteiger partial charge on any atom is 0.269 e. The third kappa shape index (κ3) is 4.99. The van der Waals surface area contributed by atoms with E-state index in [0.29, 0.717) is 30.9 Å². The van der Waals surface area contributed by atoms with Gasteiger partial charge in [0.05, 0.1) is 13.3 Å². The summed E-state index contributed by atoms with van der Waals surface area (Å²) < 4.78 is 11.1. The number of carbonyl (C=O) groups excluding carboxylic acids is 3. The van der Waals surface area contributed by atoms with Gasteiger partial charge in [0.2, 0.25) is 0 Å². The highest BCUT2D eigenvalue weighted by Crippen LogP contribution is 2.28. The molecular weight excluding hydrogens is 412 g/mol. The fourth-order valence-electron chi connectivity index (χ4n) is 3.63. The predicted molar refractivity (Wildman–Crippen MR) is 118 cm³/mol. The molecule has 1 aliphatic rings. The molecular formula is C23H28N4O5. The molecule has 1 N–H and O–H groups in total. The molecule has 2 heterocycles. The Hall–Kier alpha value is -3.62. The lowest BCUT2D eigenvalue weighted by molar-refractivity contribution is -0.142. The number of nitrogens with one attached hydrogen (secondary N) is 1. The summed E-state index contributed by atoms with van der Waals surface area (Å²) in [4.78, 5) is 45.1. The molecule has 2 unspecified atom stereocenters. The van der Waals surface area contributed by atoms with Crippen LogP contribution in [-0.4, -0.2) is 78.4 Å². The number of ether oxygens (including phenoxy) is 2. The van der Waals surface area contributed by atoms with Crippen molar-refractivity contribution < 1.29 is 23.9 Å². The van der Waals surface area contributed by atoms with Gasteiger partial charge in [-0.2, -0.15) is 0 Å². The second-order valence-corrected chi connectivity index (χ2v) is 7.56. The molecule has 1 aliphatic heterocycles. The number of benzene rings is 1. The number of hydrogen-bond acceptors (Lipinski definition) is 6. The molecule has 3 amide bonds. The summed E-state index contributed by atoms with van der Waals surface area (Å²) in [6.45, 7) is 4.87. The topological polar surface area (TPSA) is 101 Å². The van der Waals surface area contributed by atoms with Gasteiger partial charge in [0, 0.05) is 44.4 Å². The standard InChI is InChI=1S/C23H28N4O5/c1-15-14-26(23(30)17-8-6-5-7-9-17)10-11-27(15)22(29)16(2)32-20-13-25-18(21(28)24-3)12-19(20)31-4/h5-9,12-13,15-16H,10-11,14H2,1-4H3,(H,24,28). The van der Waals surface area contributed by atoms with Gasteiger partial charge in [0.25, 0.3) is 17.7 Å². The van der Waals surface area contributed by atoms with E-state index in [9.17, 15) is 14.4 Å². The van der Waals surface area contributed by atoms with E-state index in [-0.39, 0.29) is 35.2 Å². The van der Waals surface area contributed by atoms with E-state index in [1.807, 2.05) is 25.1 Å². The number of methoxy groups -OCH3 is 1. The predicted octanol–water partition coefficient (Wildman–Crippen LogP) is 1.59. The van der Waals surface area contributed by atoms with Crippen molar-refractivity contribution in [1.29, 1.82) is 0 Å². The largest absolute Gasteiger partial charge is 0.493 e. The monoisotopic (exact) mass is 440 g/mol. The number of nitrogens with zero attached hydrogens (tertiary/aromatic N) is 3. The minimum atomic E-state index is -0.796. The summed E-state index contributed by atoms with van der Waals surface area (Å²) >= 11 is 0. The van der Waals surface area contributed by atoms with Gasteiger partial charge in [-0.1, -0.05) is 18.2 Å². The van der Waals surface area contributed by atoms with Crippen LogP contribution in [0.1, 0.15) is 34.7 Å². The van der Waals surface area contributed by atoms with Crippen LogP contribution in [0, 0.1) is 0 Å². The van der Waals surface area contributed by atoms with Gasteiger partial charge in [0.1, 0.15) is 5.69 Å². The van der Waals surface area contributed by atoms with Crippen LogP contribution in [0.2, 0.25) is 0 Å². The highest BCUT2D eigenvalue weighted by Gasteiger charge is 2.33. The number of amides is 3. The van der Waals surface area contributed by atoms with E-state index in [4.69, 9.17) is 9.47 Å². The van der Waals surface area contributed by atoms with Crippen molar-refractivity contribution in [2.24, 2.45) is 0 Å². The molecule has 1 fully saturated rings. The molecule has 0 saturated carbocycles. The van der Waals surface area contributed by atoms with Crippen LogP contribution in [0.5, 0.6) is 11.5 Å². The van der Waals surface area contributed by atoms with Crippen LogP contribution in [-0.2, 0) is 4.79 Å². The van der Waals surface area contributed by atoms with Crippen molar-refractivity contribution in [1.82, 2.24) is 20.1 Å². The maximum absolute atomic E-state index is 13.1. The summed E-state index contributed by atoms with van der Waals surface area (Å²) in [6.07, 6.45) is 0.572. The second kappa shape index (κ2) is 10.1. The molecule has 32 heavy (non-hydrogen) atoms. The van der Waals surface area contributed by atoms with Crippen LogP contribution >= 0.6 is 0 Å². The van der Waals surface area contributed by atoms with Crippen LogP contribution in [0.3, 0.4) is 0 Å². The SMILES string of the molecule is CNC(=O)c1cc(OC)c(OC(C)C(=O)N2CCN(C(=O)c3ccccc3)CC2C)cn1. The van der Waals surface area contributed by atoms with Crippen molar-refractivity contribution in [2.75, 3.05) is 33.8 Å². The minimum Gasteiger partial charge on any atom is -0.493 e. The van der Waals surface area contributed by atoms with Gasteiger partial charge >= 0.3 is 0 Å². The van der Waals surface area contributed by atoms with E-state index < -0.39 is 6.10 Å². The summed E-state index contributed by atoms with van der Waals surface area (Å²) in [6, 6.07) is 10.4. The second-order valence-electron chi connectivity index (χ2n) is 7.56. The van der Waals surface area contributed by atoms with E-state index in [2.05, 4.69) is 10.3 Å². The Morgan fingerprint density at radius 2 is 1.88 bits per heavy atom. The Morgan fingerprint density at radius 1 is 1.16 bits per heavy atom. The smallest absolute Gasteiger partial charge is 0.269 e. The molecule has 1 aromatic heterocycles. The lowest BCUT2D eigenvalue weighted by Crippen LogP contribution is -2.57. The van der Waals surface area contributed by atoms with Crippen LogP contribution < -0.4 is 14.8 Å². The van der Waals surface area contributed by atoms with Crippen LogP contribution in [0.4, 0.5) is 0 Å². The lowest BCUT2D eigenvalue weighted by atomic mass is 10.1. The number of rotatable bonds is 6. The van der Waals surface area contributed by atoms with Gasteiger partial charge < -0.3 is 24.6 Å². The molecule has 9 nitrogen and oxygen atoms in total. The zero-order chi connectivity index (χ0) is 23.3. The van der Waals surface area contributed by atoms with Gasteiger partial charge in [-0.25, -0.2) is 4.98 Å². The molecule has 1 aromatic carbocycles. The average Bonchev–Trinajstić information content (AvgIpc) is 2.83. The fraction of sp³-hybridized carbons (Fsp3) is 0.391. The first-order valence-electron chi connectivity index (χ1n) is 10.4. The Kier molecular flexibility index (Phi) is 7.29. The Bertz CT molecular complexity index is 982. The highest BCUT2D eigenvalue weighted by molar-refractivity contribution is 5.94. The molecule has 0 bridgehead atoms. The third-order valence-corrected chi connectivity index (χ3v) is 5.38. The van der Waals surface area contributed by atoms with Gasteiger partial charge in [-0.15, -0.1) is 0 Å². The number of hydrogen-bond donors (Lipinski definition) is 1. The zero-order valence-electron chi connectivity index (χ0n) is 18.7. The highest BCUT2D eigenvalue weighted by atomic mass is 16.5. The lowest BCUT2D eigenvalue weighted by Gasteiger charge is -2.40. The third-order valence-electron chi connectivity index (χ3n) is 5.38. The van der Waals surface area contributed by atoms with Crippen molar-refractivity contribution in [3.05, 3.63) is 53.9 Å². The Morgan fingerprint density at radius 3 is 2.50 bits per heavy atom. The van der Waals surface area contributed by atoms with Gasteiger partial charge in [-0.05, 0) is 26.0 Å². The Balaban J connectivity index is 1.64. The maximum atomic E-state index is 13.1. The molecule has 3 rings (SSSR count). The summed E-state index contributed by atoms with van der Waals surface area (Å²) in [7, 11) is 2.96. The van der Waals surface area contributed by atoms with E-state index in [0.717, 1.165) is 0 Å². The van der Waals surface area contributed by atoms with E-state index >= 15 is 0 Å². The molecule has 170 valence electrons. The molecule has 0 radical (unpaired) electrons. The Labute approximate surface area is 187 Å². The van der Waals surface area contributed by atoms with Crippen molar-refractivity contribution in [3.8, 4) is 11.5 Å². The number of piperazine rings is 1. The first-order chi connectivity index (χ1) is 15.3. The van der Waals surface area contributed by atoms with Crippen molar-refractivity contribution >= 4 is 17.7 Å². The molecule has 0 aliphatic carbocycles. The molecule has 9 heteroatoms.